The molecule has 0 fully saturated rings. The number of thiophene rings is 1. The Morgan fingerprint density at radius 1 is 0.389 bits per heavy atom. The molecule has 6 aromatic carbocycles. The zero-order valence-electron chi connectivity index (χ0n) is 19.6. The Balaban J connectivity index is 1.20. The Morgan fingerprint density at radius 2 is 1.00 bits per heavy atom. The maximum Gasteiger partial charge on any atom is 0.0434 e. The van der Waals surface area contributed by atoms with Crippen molar-refractivity contribution < 1.29 is 0 Å². The molecule has 1 nitrogen and oxygen atoms in total. The van der Waals surface area contributed by atoms with Crippen LogP contribution in [0.2, 0.25) is 0 Å². The van der Waals surface area contributed by atoms with E-state index in [1.807, 2.05) is 17.4 Å². The lowest BCUT2D eigenvalue weighted by Gasteiger charge is -2.09. The number of fused-ring (bicyclic) bond motifs is 5. The summed E-state index contributed by atoms with van der Waals surface area (Å²) in [7, 11) is 0. The van der Waals surface area contributed by atoms with E-state index in [-0.39, 0.29) is 0 Å². The Bertz CT molecular complexity index is 1830. The number of benzene rings is 6. The fourth-order valence-corrected chi connectivity index (χ4v) is 6.40. The summed E-state index contributed by atoms with van der Waals surface area (Å²) >= 11 is 1.90. The van der Waals surface area contributed by atoms with Crippen LogP contribution < -0.4 is 5.32 Å². The van der Waals surface area contributed by atoms with Gasteiger partial charge < -0.3 is 5.32 Å². The summed E-state index contributed by atoms with van der Waals surface area (Å²) in [6.07, 6.45) is 0. The number of hydrogen-bond acceptors (Lipinski definition) is 2. The predicted molar refractivity (Wildman–Crippen MR) is 157 cm³/mol. The van der Waals surface area contributed by atoms with Crippen LogP contribution in [0.15, 0.2) is 133 Å². The quantitative estimate of drug-likeness (QED) is 0.266. The molecule has 0 atom stereocenters. The first kappa shape index (κ1) is 20.9. The van der Waals surface area contributed by atoms with Crippen LogP contribution in [0.3, 0.4) is 0 Å². The number of nitrogens with one attached hydrogen (secondary N) is 1. The molecule has 7 aromatic rings. The normalized spacial score (nSPS) is 11.3. The summed E-state index contributed by atoms with van der Waals surface area (Å²) in [6, 6.07) is 47.7. The third-order valence-corrected chi connectivity index (χ3v) is 8.15. The molecule has 0 aliphatic carbocycles. The molecule has 0 saturated carbocycles. The molecule has 1 heterocycles. The van der Waals surface area contributed by atoms with E-state index in [2.05, 4.69) is 133 Å². The van der Waals surface area contributed by atoms with Crippen LogP contribution >= 0.6 is 11.3 Å². The molecule has 0 aliphatic rings. The van der Waals surface area contributed by atoms with E-state index in [1.165, 1.54) is 53.2 Å². The standard InChI is InChI=1S/C34H23NS/c1-2-7-23(8-3-1)24-13-18-27(19-14-24)35-28-20-15-26(16-21-28)30-11-6-12-31-32-22-17-25-9-4-5-10-29(25)34(32)36-33(30)31/h1-22,35H. The topological polar surface area (TPSA) is 12.0 Å². The van der Waals surface area contributed by atoms with Crippen molar-refractivity contribution in [3.63, 3.8) is 0 Å². The molecule has 0 radical (unpaired) electrons. The first-order valence-corrected chi connectivity index (χ1v) is 13.0. The summed E-state index contributed by atoms with van der Waals surface area (Å²) in [4.78, 5) is 0. The van der Waals surface area contributed by atoms with Crippen molar-refractivity contribution in [1.82, 2.24) is 0 Å². The van der Waals surface area contributed by atoms with Gasteiger partial charge in [-0.3, -0.25) is 0 Å². The lowest BCUT2D eigenvalue weighted by atomic mass is 10.0. The highest BCUT2D eigenvalue weighted by molar-refractivity contribution is 7.27. The van der Waals surface area contributed by atoms with E-state index >= 15 is 0 Å². The van der Waals surface area contributed by atoms with Crippen molar-refractivity contribution in [3.05, 3.63) is 133 Å². The summed E-state index contributed by atoms with van der Waals surface area (Å²) in [5, 5.41) is 8.85. The van der Waals surface area contributed by atoms with Crippen molar-refractivity contribution in [2.45, 2.75) is 0 Å². The zero-order chi connectivity index (χ0) is 23.9. The maximum atomic E-state index is 3.54. The second-order valence-electron chi connectivity index (χ2n) is 9.09. The highest BCUT2D eigenvalue weighted by atomic mass is 32.1. The van der Waals surface area contributed by atoms with E-state index in [4.69, 9.17) is 0 Å². The van der Waals surface area contributed by atoms with Crippen LogP contribution in [-0.4, -0.2) is 0 Å². The molecule has 1 N–H and O–H groups in total. The van der Waals surface area contributed by atoms with Crippen LogP contribution in [0.1, 0.15) is 0 Å². The van der Waals surface area contributed by atoms with Crippen molar-refractivity contribution in [3.8, 4) is 22.3 Å². The van der Waals surface area contributed by atoms with Gasteiger partial charge in [-0.2, -0.15) is 0 Å². The minimum atomic E-state index is 1.08. The zero-order valence-corrected chi connectivity index (χ0v) is 20.4. The molecule has 0 amide bonds. The molecule has 0 bridgehead atoms. The number of anilines is 2. The predicted octanol–water partition coefficient (Wildman–Crippen LogP) is 10.3. The number of hydrogen-bond donors (Lipinski definition) is 1. The van der Waals surface area contributed by atoms with Crippen molar-refractivity contribution in [2.75, 3.05) is 5.32 Å². The van der Waals surface area contributed by atoms with Gasteiger partial charge in [0.1, 0.15) is 0 Å². The molecule has 36 heavy (non-hydrogen) atoms. The molecule has 2 heteroatoms. The van der Waals surface area contributed by atoms with Gasteiger partial charge in [0.05, 0.1) is 0 Å². The van der Waals surface area contributed by atoms with E-state index < -0.39 is 0 Å². The lowest BCUT2D eigenvalue weighted by Crippen LogP contribution is -1.90. The Hall–Kier alpha value is -4.40. The van der Waals surface area contributed by atoms with Gasteiger partial charge in [0.25, 0.3) is 0 Å². The summed E-state index contributed by atoms with van der Waals surface area (Å²) in [6.45, 7) is 0. The van der Waals surface area contributed by atoms with E-state index in [0.717, 1.165) is 11.4 Å². The Labute approximate surface area is 214 Å². The second kappa shape index (κ2) is 8.67. The first-order chi connectivity index (χ1) is 17.8. The third-order valence-electron chi connectivity index (χ3n) is 6.87. The van der Waals surface area contributed by atoms with Crippen molar-refractivity contribution >= 4 is 53.7 Å². The largest absolute Gasteiger partial charge is 0.356 e. The van der Waals surface area contributed by atoms with E-state index in [9.17, 15) is 0 Å². The highest BCUT2D eigenvalue weighted by Gasteiger charge is 2.12. The molecular formula is C34H23NS. The molecule has 7 rings (SSSR count). The highest BCUT2D eigenvalue weighted by Crippen LogP contribution is 2.42. The molecule has 170 valence electrons. The maximum absolute atomic E-state index is 3.54. The molecule has 0 unspecified atom stereocenters. The molecule has 0 aliphatic heterocycles. The van der Waals surface area contributed by atoms with Gasteiger partial charge in [0.2, 0.25) is 0 Å². The van der Waals surface area contributed by atoms with Gasteiger partial charge in [0, 0.05) is 31.5 Å². The molecular weight excluding hydrogens is 454 g/mol. The minimum Gasteiger partial charge on any atom is -0.356 e. The minimum absolute atomic E-state index is 1.08. The first-order valence-electron chi connectivity index (χ1n) is 12.2. The lowest BCUT2D eigenvalue weighted by molar-refractivity contribution is 1.54. The van der Waals surface area contributed by atoms with Crippen molar-refractivity contribution in [2.24, 2.45) is 0 Å². The molecule has 1 aromatic heterocycles. The van der Waals surface area contributed by atoms with Crippen LogP contribution in [-0.2, 0) is 0 Å². The number of rotatable bonds is 4. The monoisotopic (exact) mass is 477 g/mol. The SMILES string of the molecule is c1ccc(-c2ccc(Nc3ccc(-c4cccc5c4sc4c6ccccc6ccc54)cc3)cc2)cc1. The molecule has 0 spiro atoms. The van der Waals surface area contributed by atoms with Gasteiger partial charge in [0.15, 0.2) is 0 Å². The van der Waals surface area contributed by atoms with Gasteiger partial charge in [-0.25, -0.2) is 0 Å². The van der Waals surface area contributed by atoms with E-state index in [0.29, 0.717) is 0 Å². The molecule has 0 saturated heterocycles. The Kier molecular flexibility index (Phi) is 5.04. The summed E-state index contributed by atoms with van der Waals surface area (Å²) < 4.78 is 2.72. The van der Waals surface area contributed by atoms with Gasteiger partial charge in [-0.15, -0.1) is 11.3 Å². The fourth-order valence-electron chi connectivity index (χ4n) is 5.03. The third kappa shape index (κ3) is 3.64. The Morgan fingerprint density at radius 3 is 1.78 bits per heavy atom. The van der Waals surface area contributed by atoms with Gasteiger partial charge in [-0.1, -0.05) is 109 Å². The second-order valence-corrected chi connectivity index (χ2v) is 10.1. The smallest absolute Gasteiger partial charge is 0.0434 e. The fraction of sp³-hybridized carbons (Fsp3) is 0. The van der Waals surface area contributed by atoms with Crippen LogP contribution in [0.4, 0.5) is 11.4 Å². The average Bonchev–Trinajstić information content (AvgIpc) is 3.34. The average molecular weight is 478 g/mol. The van der Waals surface area contributed by atoms with Gasteiger partial charge in [-0.05, 0) is 57.3 Å². The van der Waals surface area contributed by atoms with Gasteiger partial charge >= 0.3 is 0 Å². The summed E-state index contributed by atoms with van der Waals surface area (Å²) in [5.74, 6) is 0. The van der Waals surface area contributed by atoms with Crippen LogP contribution in [0.25, 0.3) is 53.2 Å². The van der Waals surface area contributed by atoms with Crippen LogP contribution in [0, 0.1) is 0 Å². The van der Waals surface area contributed by atoms with Crippen LogP contribution in [0.5, 0.6) is 0 Å². The van der Waals surface area contributed by atoms with E-state index in [1.54, 1.807) is 0 Å². The summed E-state index contributed by atoms with van der Waals surface area (Å²) in [5.41, 5.74) is 7.15. The van der Waals surface area contributed by atoms with Crippen molar-refractivity contribution in [1.29, 1.82) is 0 Å².